The van der Waals surface area contributed by atoms with E-state index in [4.69, 9.17) is 32.7 Å². The molecule has 1 unspecified atom stereocenters. The number of pyridine rings is 1. The predicted molar refractivity (Wildman–Crippen MR) is 121 cm³/mol. The van der Waals surface area contributed by atoms with Crippen LogP contribution >= 0.6 is 23.2 Å². The minimum Gasteiger partial charge on any atom is -0.468 e. The van der Waals surface area contributed by atoms with Crippen molar-refractivity contribution < 1.29 is 14.3 Å². The van der Waals surface area contributed by atoms with Crippen LogP contribution in [0.25, 0.3) is 10.8 Å². The molecule has 0 N–H and O–H groups in total. The van der Waals surface area contributed by atoms with Crippen molar-refractivity contribution in [1.29, 1.82) is 0 Å². The number of aromatic nitrogens is 1. The lowest BCUT2D eigenvalue weighted by Crippen LogP contribution is -2.42. The molecule has 6 heteroatoms. The van der Waals surface area contributed by atoms with Crippen molar-refractivity contribution >= 4 is 39.9 Å². The molecule has 1 heterocycles. The molecule has 0 bridgehead atoms. The van der Waals surface area contributed by atoms with Crippen molar-refractivity contribution in [2.75, 3.05) is 7.11 Å². The van der Waals surface area contributed by atoms with E-state index in [0.29, 0.717) is 17.3 Å². The molecule has 0 spiro atoms. The van der Waals surface area contributed by atoms with Crippen LogP contribution in [0.3, 0.4) is 0 Å². The fourth-order valence-electron chi connectivity index (χ4n) is 3.60. The van der Waals surface area contributed by atoms with Crippen molar-refractivity contribution in [3.05, 3.63) is 76.9 Å². The summed E-state index contributed by atoms with van der Waals surface area (Å²) in [4.78, 5) is 17.6. The molecular formula is C24H23Cl2NO3. The Balaban J connectivity index is 2.06. The third-order valence-corrected chi connectivity index (χ3v) is 5.57. The lowest BCUT2D eigenvalue weighted by Gasteiger charge is -2.33. The van der Waals surface area contributed by atoms with Crippen molar-refractivity contribution in [1.82, 2.24) is 4.98 Å². The van der Waals surface area contributed by atoms with Crippen LogP contribution in [0, 0.1) is 5.92 Å². The van der Waals surface area contributed by atoms with Gasteiger partial charge in [-0.05, 0) is 29.9 Å². The summed E-state index contributed by atoms with van der Waals surface area (Å²) in [5.74, 6) is 0.542. The molecule has 3 rings (SSSR count). The van der Waals surface area contributed by atoms with Gasteiger partial charge in [0, 0.05) is 11.5 Å². The number of nitrogens with zero attached hydrogens (tertiary/aromatic N) is 1. The second-order valence-corrected chi connectivity index (χ2v) is 8.26. The maximum absolute atomic E-state index is 12.9. The average Bonchev–Trinajstić information content (AvgIpc) is 2.74. The highest BCUT2D eigenvalue weighted by atomic mass is 35.5. The van der Waals surface area contributed by atoms with Crippen LogP contribution in [0.4, 0.5) is 0 Å². The first-order valence-corrected chi connectivity index (χ1v) is 10.4. The van der Waals surface area contributed by atoms with E-state index in [1.54, 1.807) is 18.2 Å². The molecule has 0 aliphatic rings. The standard InChI is InChI=1S/C24H23Cl2NO3/c1-16(2)24(23(28)29-3,15-14-21(25)26)20-12-7-13-22(27-20)30-19-11-6-9-17-8-4-5-10-18(17)19/h4-14,16H,15H2,1-3H3. The van der Waals surface area contributed by atoms with Crippen LogP contribution in [-0.2, 0) is 14.9 Å². The number of carbonyl (C=O) groups excluding carboxylic acids is 1. The van der Waals surface area contributed by atoms with E-state index < -0.39 is 11.4 Å². The number of halogens is 2. The molecule has 4 nitrogen and oxygen atoms in total. The van der Waals surface area contributed by atoms with E-state index in [1.165, 1.54) is 7.11 Å². The largest absolute Gasteiger partial charge is 0.468 e. The highest BCUT2D eigenvalue weighted by Gasteiger charge is 2.45. The maximum atomic E-state index is 12.9. The van der Waals surface area contributed by atoms with E-state index in [9.17, 15) is 4.79 Å². The second kappa shape index (κ2) is 9.50. The highest BCUT2D eigenvalue weighted by Crippen LogP contribution is 2.39. The Morgan fingerprint density at radius 1 is 1.07 bits per heavy atom. The number of fused-ring (bicyclic) bond motifs is 1. The van der Waals surface area contributed by atoms with Gasteiger partial charge in [0.25, 0.3) is 0 Å². The number of hydrogen-bond donors (Lipinski definition) is 0. The predicted octanol–water partition coefficient (Wildman–Crippen LogP) is 6.80. The molecule has 0 aliphatic heterocycles. The molecule has 2 aromatic carbocycles. The Morgan fingerprint density at radius 3 is 2.47 bits per heavy atom. The number of ether oxygens (including phenoxy) is 2. The number of hydrogen-bond acceptors (Lipinski definition) is 4. The molecule has 1 atom stereocenters. The van der Waals surface area contributed by atoms with Gasteiger partial charge in [0.05, 0.1) is 12.8 Å². The molecule has 0 aliphatic carbocycles. The van der Waals surface area contributed by atoms with Gasteiger partial charge in [-0.3, -0.25) is 4.79 Å². The Morgan fingerprint density at radius 2 is 1.77 bits per heavy atom. The third kappa shape index (κ3) is 4.45. The van der Waals surface area contributed by atoms with Gasteiger partial charge in [-0.15, -0.1) is 0 Å². The van der Waals surface area contributed by atoms with Gasteiger partial charge in [0.2, 0.25) is 5.88 Å². The summed E-state index contributed by atoms with van der Waals surface area (Å²) in [5, 5.41) is 2.05. The smallest absolute Gasteiger partial charge is 0.318 e. The van der Waals surface area contributed by atoms with E-state index in [1.807, 2.05) is 62.4 Å². The molecule has 0 radical (unpaired) electrons. The number of benzene rings is 2. The fraction of sp³-hybridized carbons (Fsp3) is 0.250. The molecular weight excluding hydrogens is 421 g/mol. The number of methoxy groups -OCH3 is 1. The molecule has 0 saturated heterocycles. The van der Waals surface area contributed by atoms with Crippen molar-refractivity contribution in [3.8, 4) is 11.6 Å². The first-order valence-electron chi connectivity index (χ1n) is 9.61. The lowest BCUT2D eigenvalue weighted by atomic mass is 9.71. The molecule has 30 heavy (non-hydrogen) atoms. The van der Waals surface area contributed by atoms with Gasteiger partial charge in [-0.1, -0.05) is 85.6 Å². The van der Waals surface area contributed by atoms with Crippen LogP contribution in [0.15, 0.2) is 71.2 Å². The van der Waals surface area contributed by atoms with Gasteiger partial charge in [0.1, 0.15) is 15.7 Å². The summed E-state index contributed by atoms with van der Waals surface area (Å²) in [6.45, 7) is 3.87. The molecule has 0 fully saturated rings. The van der Waals surface area contributed by atoms with Gasteiger partial charge in [-0.25, -0.2) is 4.98 Å². The topological polar surface area (TPSA) is 48.4 Å². The third-order valence-electron chi connectivity index (χ3n) is 5.26. The summed E-state index contributed by atoms with van der Waals surface area (Å²) in [7, 11) is 1.36. The molecule has 0 saturated carbocycles. The first kappa shape index (κ1) is 22.1. The number of esters is 1. The maximum Gasteiger partial charge on any atom is 0.318 e. The summed E-state index contributed by atoms with van der Waals surface area (Å²) in [6.07, 6.45) is 1.85. The molecule has 0 amide bonds. The van der Waals surface area contributed by atoms with E-state index >= 15 is 0 Å². The lowest BCUT2D eigenvalue weighted by molar-refractivity contribution is -0.149. The minimum absolute atomic E-state index is 0.0899. The van der Waals surface area contributed by atoms with Crippen LogP contribution in [0.1, 0.15) is 26.0 Å². The zero-order chi connectivity index (χ0) is 21.7. The van der Waals surface area contributed by atoms with Gasteiger partial charge in [0.15, 0.2) is 0 Å². The number of allylic oxidation sites excluding steroid dienone is 1. The van der Waals surface area contributed by atoms with Crippen molar-refractivity contribution in [2.45, 2.75) is 25.7 Å². The number of rotatable bonds is 7. The molecule has 1 aromatic heterocycles. The molecule has 3 aromatic rings. The second-order valence-electron chi connectivity index (χ2n) is 7.26. The zero-order valence-electron chi connectivity index (χ0n) is 17.1. The van der Waals surface area contributed by atoms with Crippen LogP contribution in [-0.4, -0.2) is 18.1 Å². The average molecular weight is 444 g/mol. The van der Waals surface area contributed by atoms with Gasteiger partial charge in [-0.2, -0.15) is 0 Å². The van der Waals surface area contributed by atoms with E-state index in [0.717, 1.165) is 10.8 Å². The Labute approximate surface area is 186 Å². The quantitative estimate of drug-likeness (QED) is 0.376. The van der Waals surface area contributed by atoms with Gasteiger partial charge >= 0.3 is 5.97 Å². The van der Waals surface area contributed by atoms with Gasteiger partial charge < -0.3 is 9.47 Å². The minimum atomic E-state index is -1.05. The highest BCUT2D eigenvalue weighted by molar-refractivity contribution is 6.55. The summed E-state index contributed by atoms with van der Waals surface area (Å²) >= 11 is 11.7. The Hall–Kier alpha value is -2.56. The van der Waals surface area contributed by atoms with Crippen molar-refractivity contribution in [3.63, 3.8) is 0 Å². The normalized spacial score (nSPS) is 13.0. The van der Waals surface area contributed by atoms with E-state index in [2.05, 4.69) is 4.98 Å². The fourth-order valence-corrected chi connectivity index (χ4v) is 3.75. The van der Waals surface area contributed by atoms with Crippen LogP contribution < -0.4 is 4.74 Å². The Bertz CT molecular complexity index is 1070. The summed E-state index contributed by atoms with van der Waals surface area (Å²) in [6, 6.07) is 19.2. The number of carbonyl (C=O) groups is 1. The first-order chi connectivity index (χ1) is 14.4. The van der Waals surface area contributed by atoms with Crippen LogP contribution in [0.5, 0.6) is 11.6 Å². The summed E-state index contributed by atoms with van der Waals surface area (Å²) < 4.78 is 11.3. The van der Waals surface area contributed by atoms with Crippen LogP contribution in [0.2, 0.25) is 0 Å². The van der Waals surface area contributed by atoms with Crippen molar-refractivity contribution in [2.24, 2.45) is 5.92 Å². The summed E-state index contributed by atoms with van der Waals surface area (Å²) in [5.41, 5.74) is -0.519. The Kier molecular flexibility index (Phi) is 7.01. The molecule has 156 valence electrons. The van der Waals surface area contributed by atoms with E-state index in [-0.39, 0.29) is 16.8 Å². The monoisotopic (exact) mass is 443 g/mol. The SMILES string of the molecule is COC(=O)C(CC=C(Cl)Cl)(c1cccc(Oc2cccc3ccccc23)n1)C(C)C. The zero-order valence-corrected chi connectivity index (χ0v) is 18.6.